The highest BCUT2D eigenvalue weighted by atomic mass is 19.4. The number of halogens is 3. The van der Waals surface area contributed by atoms with Crippen LogP contribution in [0.25, 0.3) is 0 Å². The van der Waals surface area contributed by atoms with Crippen molar-refractivity contribution in [3.8, 4) is 11.5 Å². The standard InChI is InChI=1S/C16H14F3NO2/c1-21-14-4-2-3-11-9-13(20-15(11)14)10-5-7-12(8-6-10)22-16(17,18)19/h2-8,13,20H,9H2,1H3. The lowest BCUT2D eigenvalue weighted by molar-refractivity contribution is -0.274. The second kappa shape index (κ2) is 5.44. The molecule has 1 atom stereocenters. The number of methoxy groups -OCH3 is 1. The number of para-hydroxylation sites is 1. The van der Waals surface area contributed by atoms with Gasteiger partial charge in [-0.2, -0.15) is 0 Å². The van der Waals surface area contributed by atoms with Crippen molar-refractivity contribution in [2.24, 2.45) is 0 Å². The Kier molecular flexibility index (Phi) is 3.60. The van der Waals surface area contributed by atoms with E-state index < -0.39 is 6.36 Å². The third kappa shape index (κ3) is 2.95. The first-order valence-corrected chi connectivity index (χ1v) is 6.74. The maximum absolute atomic E-state index is 12.2. The molecule has 0 saturated carbocycles. The molecule has 0 saturated heterocycles. The molecule has 2 aromatic carbocycles. The molecule has 3 nitrogen and oxygen atoms in total. The number of hydrogen-bond donors (Lipinski definition) is 1. The topological polar surface area (TPSA) is 30.5 Å². The monoisotopic (exact) mass is 309 g/mol. The van der Waals surface area contributed by atoms with Gasteiger partial charge >= 0.3 is 6.36 Å². The number of nitrogens with one attached hydrogen (secondary N) is 1. The molecule has 1 aliphatic heterocycles. The Hall–Kier alpha value is -2.37. The van der Waals surface area contributed by atoms with E-state index in [1.807, 2.05) is 18.2 Å². The Bertz CT molecular complexity index is 668. The van der Waals surface area contributed by atoms with Gasteiger partial charge in [-0.25, -0.2) is 0 Å². The maximum atomic E-state index is 12.2. The van der Waals surface area contributed by atoms with Crippen LogP contribution in [0.1, 0.15) is 17.2 Å². The van der Waals surface area contributed by atoms with E-state index in [-0.39, 0.29) is 11.8 Å². The third-order valence-electron chi connectivity index (χ3n) is 3.59. The molecular weight excluding hydrogens is 295 g/mol. The second-order valence-electron chi connectivity index (χ2n) is 5.01. The summed E-state index contributed by atoms with van der Waals surface area (Å²) in [6, 6.07) is 11.7. The number of hydrogen-bond acceptors (Lipinski definition) is 3. The molecule has 0 amide bonds. The van der Waals surface area contributed by atoms with Crippen LogP contribution >= 0.6 is 0 Å². The normalized spacial score (nSPS) is 16.8. The van der Waals surface area contributed by atoms with Gasteiger partial charge in [0.15, 0.2) is 0 Å². The van der Waals surface area contributed by atoms with Crippen molar-refractivity contribution in [3.63, 3.8) is 0 Å². The van der Waals surface area contributed by atoms with Crippen LogP contribution in [0.15, 0.2) is 42.5 Å². The molecule has 1 heterocycles. The Morgan fingerprint density at radius 2 is 1.82 bits per heavy atom. The molecular formula is C16H14F3NO2. The number of benzene rings is 2. The van der Waals surface area contributed by atoms with Crippen molar-refractivity contribution in [1.29, 1.82) is 0 Å². The molecule has 1 aliphatic rings. The second-order valence-corrected chi connectivity index (χ2v) is 5.01. The first kappa shape index (κ1) is 14.6. The molecule has 0 aliphatic carbocycles. The lowest BCUT2D eigenvalue weighted by Crippen LogP contribution is -2.17. The average Bonchev–Trinajstić information content (AvgIpc) is 2.90. The zero-order valence-electron chi connectivity index (χ0n) is 11.8. The van der Waals surface area contributed by atoms with E-state index in [9.17, 15) is 13.2 Å². The van der Waals surface area contributed by atoms with Crippen LogP contribution in [0.4, 0.5) is 18.9 Å². The van der Waals surface area contributed by atoms with Gasteiger partial charge in [0.1, 0.15) is 11.5 Å². The van der Waals surface area contributed by atoms with Gasteiger partial charge in [0.05, 0.1) is 18.8 Å². The van der Waals surface area contributed by atoms with Crippen LogP contribution in [-0.2, 0) is 6.42 Å². The minimum Gasteiger partial charge on any atom is -0.495 e. The van der Waals surface area contributed by atoms with E-state index in [4.69, 9.17) is 4.74 Å². The van der Waals surface area contributed by atoms with Gasteiger partial charge in [-0.05, 0) is 35.7 Å². The van der Waals surface area contributed by atoms with E-state index >= 15 is 0 Å². The highest BCUT2D eigenvalue weighted by molar-refractivity contribution is 5.67. The molecule has 116 valence electrons. The summed E-state index contributed by atoms with van der Waals surface area (Å²) in [6.07, 6.45) is -3.91. The first-order chi connectivity index (χ1) is 10.5. The molecule has 0 radical (unpaired) electrons. The Morgan fingerprint density at radius 3 is 2.45 bits per heavy atom. The fraction of sp³-hybridized carbons (Fsp3) is 0.250. The lowest BCUT2D eigenvalue weighted by atomic mass is 10.0. The molecule has 0 bridgehead atoms. The minimum atomic E-state index is -4.67. The number of ether oxygens (including phenoxy) is 2. The highest BCUT2D eigenvalue weighted by Crippen LogP contribution is 2.40. The van der Waals surface area contributed by atoms with Crippen molar-refractivity contribution in [1.82, 2.24) is 0 Å². The zero-order chi connectivity index (χ0) is 15.7. The van der Waals surface area contributed by atoms with E-state index in [0.717, 1.165) is 29.0 Å². The van der Waals surface area contributed by atoms with Gasteiger partial charge in [0.25, 0.3) is 0 Å². The summed E-state index contributed by atoms with van der Waals surface area (Å²) in [5, 5.41) is 3.35. The van der Waals surface area contributed by atoms with Crippen molar-refractivity contribution in [2.75, 3.05) is 12.4 Å². The number of rotatable bonds is 3. The molecule has 2 aromatic rings. The Labute approximate surface area is 125 Å². The maximum Gasteiger partial charge on any atom is 0.573 e. The third-order valence-corrected chi connectivity index (χ3v) is 3.59. The van der Waals surface area contributed by atoms with Crippen molar-refractivity contribution < 1.29 is 22.6 Å². The summed E-state index contributed by atoms with van der Waals surface area (Å²) in [5.74, 6) is 0.543. The predicted molar refractivity (Wildman–Crippen MR) is 76.2 cm³/mol. The van der Waals surface area contributed by atoms with E-state index in [1.54, 1.807) is 19.2 Å². The highest BCUT2D eigenvalue weighted by Gasteiger charge is 2.31. The Morgan fingerprint density at radius 1 is 1.09 bits per heavy atom. The SMILES string of the molecule is COc1cccc2c1NC(c1ccc(OC(F)(F)F)cc1)C2. The predicted octanol–water partition coefficient (Wildman–Crippen LogP) is 4.30. The van der Waals surface area contributed by atoms with Gasteiger partial charge < -0.3 is 14.8 Å². The summed E-state index contributed by atoms with van der Waals surface area (Å²) in [6.45, 7) is 0. The molecule has 0 aromatic heterocycles. The number of alkyl halides is 3. The van der Waals surface area contributed by atoms with Crippen LogP contribution < -0.4 is 14.8 Å². The minimum absolute atomic E-state index is 0.00577. The van der Waals surface area contributed by atoms with E-state index in [0.29, 0.717) is 0 Å². The molecule has 6 heteroatoms. The molecule has 1 unspecified atom stereocenters. The molecule has 0 spiro atoms. The van der Waals surface area contributed by atoms with Gasteiger partial charge in [-0.15, -0.1) is 13.2 Å². The summed E-state index contributed by atoms with van der Waals surface area (Å²) >= 11 is 0. The van der Waals surface area contributed by atoms with Crippen LogP contribution in [0.3, 0.4) is 0 Å². The molecule has 3 rings (SSSR count). The Balaban J connectivity index is 1.77. The van der Waals surface area contributed by atoms with Gasteiger partial charge in [0.2, 0.25) is 0 Å². The molecule has 0 fully saturated rings. The smallest absolute Gasteiger partial charge is 0.495 e. The van der Waals surface area contributed by atoms with Crippen LogP contribution in [0.5, 0.6) is 11.5 Å². The number of fused-ring (bicyclic) bond motifs is 1. The van der Waals surface area contributed by atoms with Crippen LogP contribution in [-0.4, -0.2) is 13.5 Å². The van der Waals surface area contributed by atoms with Crippen LogP contribution in [0.2, 0.25) is 0 Å². The summed E-state index contributed by atoms with van der Waals surface area (Å²) in [7, 11) is 1.61. The van der Waals surface area contributed by atoms with Gasteiger partial charge in [-0.1, -0.05) is 24.3 Å². The summed E-state index contributed by atoms with van der Waals surface area (Å²) in [4.78, 5) is 0. The zero-order valence-corrected chi connectivity index (χ0v) is 11.8. The van der Waals surface area contributed by atoms with Gasteiger partial charge in [-0.3, -0.25) is 0 Å². The fourth-order valence-corrected chi connectivity index (χ4v) is 2.63. The molecule has 22 heavy (non-hydrogen) atoms. The average molecular weight is 309 g/mol. The van der Waals surface area contributed by atoms with Crippen LogP contribution in [0, 0.1) is 0 Å². The molecule has 1 N–H and O–H groups in total. The lowest BCUT2D eigenvalue weighted by Gasteiger charge is -2.14. The number of anilines is 1. The van der Waals surface area contributed by atoms with E-state index in [2.05, 4.69) is 10.1 Å². The quantitative estimate of drug-likeness (QED) is 0.917. The summed E-state index contributed by atoms with van der Waals surface area (Å²) < 4.78 is 45.7. The van der Waals surface area contributed by atoms with E-state index in [1.165, 1.54) is 12.1 Å². The fourth-order valence-electron chi connectivity index (χ4n) is 2.63. The van der Waals surface area contributed by atoms with Crippen molar-refractivity contribution in [2.45, 2.75) is 18.8 Å². The first-order valence-electron chi connectivity index (χ1n) is 6.74. The van der Waals surface area contributed by atoms with Gasteiger partial charge in [0, 0.05) is 0 Å². The largest absolute Gasteiger partial charge is 0.573 e. The van der Waals surface area contributed by atoms with Crippen molar-refractivity contribution in [3.05, 3.63) is 53.6 Å². The summed E-state index contributed by atoms with van der Waals surface area (Å²) in [5.41, 5.74) is 2.96. The van der Waals surface area contributed by atoms with Crippen molar-refractivity contribution >= 4 is 5.69 Å².